The summed E-state index contributed by atoms with van der Waals surface area (Å²) in [6.45, 7) is 3.78. The van der Waals surface area contributed by atoms with Gasteiger partial charge in [-0.1, -0.05) is 56.3 Å². The van der Waals surface area contributed by atoms with E-state index in [9.17, 15) is 29.4 Å². The van der Waals surface area contributed by atoms with Gasteiger partial charge in [0.15, 0.2) is 0 Å². The Morgan fingerprint density at radius 2 is 1.73 bits per heavy atom. The van der Waals surface area contributed by atoms with E-state index in [1.54, 1.807) is 18.2 Å². The van der Waals surface area contributed by atoms with Crippen molar-refractivity contribution in [2.45, 2.75) is 69.7 Å². The average Bonchev–Trinajstić information content (AvgIpc) is 3.44. The Kier molecular flexibility index (Phi) is 7.61. The lowest BCUT2D eigenvalue weighted by Gasteiger charge is -2.40. The predicted octanol–water partition coefficient (Wildman–Crippen LogP) is 3.18. The first-order valence-corrected chi connectivity index (χ1v) is 13.8. The number of aliphatic carboxylic acids is 1. The minimum Gasteiger partial charge on any atom is -0.480 e. The number of carboxylic acids is 1. The average molecular weight is 546 g/mol. The van der Waals surface area contributed by atoms with Crippen LogP contribution in [0, 0.1) is 5.92 Å². The van der Waals surface area contributed by atoms with Crippen molar-refractivity contribution in [3.05, 3.63) is 71.3 Å². The highest BCUT2D eigenvalue weighted by atomic mass is 16.4. The third kappa shape index (κ3) is 5.07. The van der Waals surface area contributed by atoms with E-state index in [1.165, 1.54) is 0 Å². The first-order chi connectivity index (χ1) is 19.1. The van der Waals surface area contributed by atoms with Gasteiger partial charge in [0.05, 0.1) is 28.8 Å². The largest absolute Gasteiger partial charge is 0.480 e. The molecule has 0 bridgehead atoms. The molecule has 1 unspecified atom stereocenters. The third-order valence-corrected chi connectivity index (χ3v) is 8.21. The molecule has 40 heavy (non-hydrogen) atoms. The molecule has 2 aromatic carbocycles. The highest BCUT2D eigenvalue weighted by molar-refractivity contribution is 6.23. The van der Waals surface area contributed by atoms with Gasteiger partial charge in [-0.2, -0.15) is 0 Å². The second-order valence-electron chi connectivity index (χ2n) is 11.3. The predicted molar refractivity (Wildman–Crippen MR) is 150 cm³/mol. The smallest absolute Gasteiger partial charge is 0.320 e. The number of aliphatic hydroxyl groups excluding tert-OH is 1. The van der Waals surface area contributed by atoms with E-state index in [0.717, 1.165) is 27.7 Å². The van der Waals surface area contributed by atoms with Crippen LogP contribution in [0.2, 0.25) is 0 Å². The van der Waals surface area contributed by atoms with Crippen molar-refractivity contribution in [1.29, 1.82) is 0 Å². The molecule has 0 spiro atoms. The van der Waals surface area contributed by atoms with Gasteiger partial charge in [0.2, 0.25) is 5.91 Å². The van der Waals surface area contributed by atoms with E-state index >= 15 is 0 Å². The van der Waals surface area contributed by atoms with Crippen LogP contribution in [0.25, 0.3) is 10.8 Å². The fourth-order valence-corrected chi connectivity index (χ4v) is 6.11. The fraction of sp³-hybridized carbons (Fsp3) is 0.419. The maximum atomic E-state index is 13.6. The molecule has 2 aromatic rings. The molecule has 4 atom stereocenters. The van der Waals surface area contributed by atoms with Gasteiger partial charge in [-0.15, -0.1) is 0 Å². The summed E-state index contributed by atoms with van der Waals surface area (Å²) in [5, 5.41) is 28.5. The number of hydrogen-bond donors (Lipinski definition) is 4. The molecule has 0 aromatic heterocycles. The molecule has 2 aliphatic carbocycles. The SMILES string of the molecule is CC(C)C[C@H](N[C@H](CCN1C(=O)c2cc3ccccc3cc2C1=O)C(=O)O)C(=O)NC12CCC=C1CC=C[C@H]2O. The molecule has 1 heterocycles. The van der Waals surface area contributed by atoms with Crippen molar-refractivity contribution in [2.75, 3.05) is 6.54 Å². The van der Waals surface area contributed by atoms with E-state index in [0.29, 0.717) is 30.4 Å². The van der Waals surface area contributed by atoms with Crippen LogP contribution >= 0.6 is 0 Å². The summed E-state index contributed by atoms with van der Waals surface area (Å²) in [6.07, 6.45) is 7.03. The van der Waals surface area contributed by atoms with E-state index in [2.05, 4.69) is 10.6 Å². The molecule has 5 rings (SSSR count). The number of carbonyl (C=O) groups excluding carboxylic acids is 3. The fourth-order valence-electron chi connectivity index (χ4n) is 6.11. The van der Waals surface area contributed by atoms with Crippen LogP contribution in [-0.2, 0) is 9.59 Å². The number of nitrogens with one attached hydrogen (secondary N) is 2. The Hall–Kier alpha value is -3.82. The van der Waals surface area contributed by atoms with Gasteiger partial charge in [0, 0.05) is 6.54 Å². The number of carbonyl (C=O) groups is 4. The van der Waals surface area contributed by atoms with E-state index < -0.39 is 41.5 Å². The van der Waals surface area contributed by atoms with Gasteiger partial charge in [0.1, 0.15) is 6.04 Å². The maximum Gasteiger partial charge on any atom is 0.320 e. The van der Waals surface area contributed by atoms with Crippen molar-refractivity contribution in [1.82, 2.24) is 15.5 Å². The minimum absolute atomic E-state index is 0.0656. The zero-order valence-electron chi connectivity index (χ0n) is 22.7. The van der Waals surface area contributed by atoms with Crippen molar-refractivity contribution >= 4 is 34.5 Å². The number of imide groups is 1. The summed E-state index contributed by atoms with van der Waals surface area (Å²) in [6, 6.07) is 8.82. The maximum absolute atomic E-state index is 13.6. The number of benzene rings is 2. The Morgan fingerprint density at radius 1 is 1.07 bits per heavy atom. The Morgan fingerprint density at radius 3 is 2.33 bits per heavy atom. The van der Waals surface area contributed by atoms with Crippen molar-refractivity contribution < 1.29 is 29.4 Å². The third-order valence-electron chi connectivity index (χ3n) is 8.21. The molecular formula is C31H35N3O6. The molecule has 9 nitrogen and oxygen atoms in total. The van der Waals surface area contributed by atoms with E-state index in [1.807, 2.05) is 50.3 Å². The Bertz CT molecular complexity index is 1370. The monoisotopic (exact) mass is 545 g/mol. The normalized spacial score (nSPS) is 23.2. The number of carboxylic acid groups (broad SMARTS) is 1. The lowest BCUT2D eigenvalue weighted by Crippen LogP contribution is -2.62. The minimum atomic E-state index is -1.18. The molecule has 1 aliphatic heterocycles. The van der Waals surface area contributed by atoms with Gasteiger partial charge >= 0.3 is 5.97 Å². The quantitative estimate of drug-likeness (QED) is 0.266. The van der Waals surface area contributed by atoms with Crippen LogP contribution in [0.1, 0.15) is 66.7 Å². The second kappa shape index (κ2) is 11.0. The van der Waals surface area contributed by atoms with Crippen LogP contribution < -0.4 is 10.6 Å². The zero-order chi connectivity index (χ0) is 28.6. The molecule has 210 valence electrons. The van der Waals surface area contributed by atoms with Gasteiger partial charge in [0.25, 0.3) is 11.8 Å². The van der Waals surface area contributed by atoms with E-state index in [-0.39, 0.29) is 24.8 Å². The van der Waals surface area contributed by atoms with Gasteiger partial charge in [-0.25, -0.2) is 0 Å². The van der Waals surface area contributed by atoms with Crippen molar-refractivity contribution in [3.8, 4) is 0 Å². The molecule has 4 N–H and O–H groups in total. The number of aliphatic hydroxyl groups is 1. The molecule has 0 fully saturated rings. The number of amides is 3. The van der Waals surface area contributed by atoms with Crippen molar-refractivity contribution in [2.24, 2.45) is 5.92 Å². The number of fused-ring (bicyclic) bond motifs is 3. The van der Waals surface area contributed by atoms with Crippen LogP contribution in [-0.4, -0.2) is 69.1 Å². The number of allylic oxidation sites excluding steroid dienone is 2. The molecule has 9 heteroatoms. The van der Waals surface area contributed by atoms with Gasteiger partial charge in [-0.05, 0) is 66.5 Å². The summed E-state index contributed by atoms with van der Waals surface area (Å²) in [7, 11) is 0. The summed E-state index contributed by atoms with van der Waals surface area (Å²) in [4.78, 5) is 53.1. The lowest BCUT2D eigenvalue weighted by atomic mass is 9.79. The molecule has 3 aliphatic rings. The highest BCUT2D eigenvalue weighted by Crippen LogP contribution is 2.39. The molecule has 0 saturated carbocycles. The van der Waals surface area contributed by atoms with Gasteiger partial charge < -0.3 is 15.5 Å². The molecule has 0 radical (unpaired) electrons. The summed E-state index contributed by atoms with van der Waals surface area (Å²) >= 11 is 0. The summed E-state index contributed by atoms with van der Waals surface area (Å²) < 4.78 is 0. The van der Waals surface area contributed by atoms with Crippen LogP contribution in [0.15, 0.2) is 60.2 Å². The number of nitrogens with zero attached hydrogens (tertiary/aromatic N) is 1. The first-order valence-electron chi connectivity index (χ1n) is 13.8. The topological polar surface area (TPSA) is 136 Å². The summed E-state index contributed by atoms with van der Waals surface area (Å²) in [5.41, 5.74) is 0.693. The Balaban J connectivity index is 1.30. The molecular weight excluding hydrogens is 510 g/mol. The zero-order valence-corrected chi connectivity index (χ0v) is 22.7. The van der Waals surface area contributed by atoms with Crippen LogP contribution in [0.4, 0.5) is 0 Å². The molecule has 0 saturated heterocycles. The van der Waals surface area contributed by atoms with Crippen LogP contribution in [0.3, 0.4) is 0 Å². The van der Waals surface area contributed by atoms with Crippen molar-refractivity contribution in [3.63, 3.8) is 0 Å². The van der Waals surface area contributed by atoms with Gasteiger partial charge in [-0.3, -0.25) is 29.4 Å². The number of hydrogen-bond acceptors (Lipinski definition) is 6. The standard InChI is InChI=1S/C31H35N3O6/c1-18(2)15-25(27(36)33-31-13-6-10-21(31)9-5-11-26(31)35)32-24(30(39)40)12-14-34-28(37)22-16-19-7-3-4-8-20(19)17-23(22)29(34)38/h3-5,7-8,10-11,16-18,24-26,32,35H,6,9,12-15H2,1-2H3,(H,33,36)(H,39,40)/t24-,25+,26-,31?/m1/s1. The second-order valence-corrected chi connectivity index (χ2v) is 11.3. The summed E-state index contributed by atoms with van der Waals surface area (Å²) in [5.74, 6) is -2.38. The first kappa shape index (κ1) is 27.7. The molecule has 3 amide bonds. The highest BCUT2D eigenvalue weighted by Gasteiger charge is 2.46. The lowest BCUT2D eigenvalue weighted by molar-refractivity contribution is -0.140. The number of rotatable bonds is 10. The van der Waals surface area contributed by atoms with E-state index in [4.69, 9.17) is 0 Å². The van der Waals surface area contributed by atoms with Crippen LogP contribution in [0.5, 0.6) is 0 Å². The Labute approximate surface area is 232 Å².